The summed E-state index contributed by atoms with van der Waals surface area (Å²) in [5, 5.41) is 9.12. The molecular formula is C16H21N5O2S. The summed E-state index contributed by atoms with van der Waals surface area (Å²) in [7, 11) is 1.46. The Labute approximate surface area is 145 Å². The van der Waals surface area contributed by atoms with Crippen molar-refractivity contribution in [1.29, 1.82) is 0 Å². The van der Waals surface area contributed by atoms with E-state index in [-0.39, 0.29) is 11.8 Å². The lowest BCUT2D eigenvalue weighted by atomic mass is 10.2. The van der Waals surface area contributed by atoms with E-state index >= 15 is 0 Å². The van der Waals surface area contributed by atoms with Crippen LogP contribution in [0.4, 0.5) is 4.79 Å². The van der Waals surface area contributed by atoms with E-state index in [9.17, 15) is 9.59 Å². The number of carbonyl (C=O) groups excluding carboxylic acids is 2. The molecule has 0 unspecified atom stereocenters. The minimum absolute atomic E-state index is 0.182. The molecule has 0 saturated carbocycles. The van der Waals surface area contributed by atoms with Gasteiger partial charge in [0.25, 0.3) is 0 Å². The van der Waals surface area contributed by atoms with Gasteiger partial charge >= 0.3 is 6.03 Å². The molecule has 8 heteroatoms. The lowest BCUT2D eigenvalue weighted by Crippen LogP contribution is -2.41. The van der Waals surface area contributed by atoms with Crippen LogP contribution >= 0.6 is 11.8 Å². The summed E-state index contributed by atoms with van der Waals surface area (Å²) in [6, 6.07) is 9.20. The Morgan fingerprint density at radius 1 is 1.17 bits per heavy atom. The van der Waals surface area contributed by atoms with E-state index in [1.54, 1.807) is 11.6 Å². The Morgan fingerprint density at radius 2 is 1.83 bits per heavy atom. The highest BCUT2D eigenvalue weighted by Crippen LogP contribution is 2.24. The molecule has 0 radical (unpaired) electrons. The van der Waals surface area contributed by atoms with Crippen molar-refractivity contribution in [2.75, 3.05) is 7.05 Å². The van der Waals surface area contributed by atoms with Crippen LogP contribution in [-0.2, 0) is 4.79 Å². The molecule has 3 amide bonds. The SMILES string of the molecule is CNC(=O)NC(=O)[C@@H](C)Sc1nc(C(C)C)n(-c2ccccc2)n1. The lowest BCUT2D eigenvalue weighted by molar-refractivity contribution is -0.119. The topological polar surface area (TPSA) is 88.9 Å². The maximum atomic E-state index is 12.0. The number of para-hydroxylation sites is 1. The molecule has 2 rings (SSSR count). The third kappa shape index (κ3) is 4.35. The molecule has 0 bridgehead atoms. The summed E-state index contributed by atoms with van der Waals surface area (Å²) in [4.78, 5) is 27.7. The Balaban J connectivity index is 2.20. The average Bonchev–Trinajstić information content (AvgIpc) is 2.99. The minimum atomic E-state index is -0.530. The van der Waals surface area contributed by atoms with Gasteiger partial charge in [-0.05, 0) is 19.1 Å². The molecule has 2 N–H and O–H groups in total. The molecule has 1 heterocycles. The van der Waals surface area contributed by atoms with E-state index in [1.165, 1.54) is 18.8 Å². The van der Waals surface area contributed by atoms with Crippen molar-refractivity contribution in [1.82, 2.24) is 25.4 Å². The molecule has 0 aliphatic heterocycles. The number of carbonyl (C=O) groups is 2. The Kier molecular flexibility index (Phi) is 5.97. The van der Waals surface area contributed by atoms with Crippen molar-refractivity contribution in [2.45, 2.75) is 37.1 Å². The van der Waals surface area contributed by atoms with E-state index in [0.717, 1.165) is 11.5 Å². The molecule has 0 aliphatic rings. The monoisotopic (exact) mass is 347 g/mol. The maximum Gasteiger partial charge on any atom is 0.321 e. The predicted octanol–water partition coefficient (Wildman–Crippen LogP) is 2.33. The van der Waals surface area contributed by atoms with Gasteiger partial charge in [-0.1, -0.05) is 43.8 Å². The maximum absolute atomic E-state index is 12.0. The predicted molar refractivity (Wildman–Crippen MR) is 93.4 cm³/mol. The smallest absolute Gasteiger partial charge is 0.321 e. The van der Waals surface area contributed by atoms with E-state index in [4.69, 9.17) is 0 Å². The normalized spacial score (nSPS) is 12.0. The van der Waals surface area contributed by atoms with Crippen LogP contribution in [0, 0.1) is 0 Å². The van der Waals surface area contributed by atoms with Crippen molar-refractivity contribution in [3.05, 3.63) is 36.2 Å². The number of nitrogens with one attached hydrogen (secondary N) is 2. The second kappa shape index (κ2) is 7.96. The first-order valence-corrected chi connectivity index (χ1v) is 8.52. The number of aromatic nitrogens is 3. The Hall–Kier alpha value is -2.35. The van der Waals surface area contributed by atoms with Crippen molar-refractivity contribution < 1.29 is 9.59 Å². The molecule has 24 heavy (non-hydrogen) atoms. The zero-order chi connectivity index (χ0) is 17.7. The minimum Gasteiger partial charge on any atom is -0.341 e. The van der Waals surface area contributed by atoms with Gasteiger partial charge in [0.1, 0.15) is 5.82 Å². The molecule has 128 valence electrons. The number of hydrogen-bond donors (Lipinski definition) is 2. The van der Waals surface area contributed by atoms with Gasteiger partial charge < -0.3 is 5.32 Å². The second-order valence-electron chi connectivity index (χ2n) is 5.48. The third-order valence-corrected chi connectivity index (χ3v) is 4.20. The fourth-order valence-corrected chi connectivity index (χ4v) is 2.73. The summed E-state index contributed by atoms with van der Waals surface area (Å²) in [6.45, 7) is 5.79. The van der Waals surface area contributed by atoms with E-state index < -0.39 is 11.3 Å². The van der Waals surface area contributed by atoms with Crippen LogP contribution in [0.15, 0.2) is 35.5 Å². The number of imide groups is 1. The van der Waals surface area contributed by atoms with Crippen molar-refractivity contribution in [2.24, 2.45) is 0 Å². The zero-order valence-corrected chi connectivity index (χ0v) is 14.9. The lowest BCUT2D eigenvalue weighted by Gasteiger charge is -2.08. The number of nitrogens with zero attached hydrogens (tertiary/aromatic N) is 3. The van der Waals surface area contributed by atoms with Gasteiger partial charge in [-0.15, -0.1) is 5.10 Å². The van der Waals surface area contributed by atoms with Crippen LogP contribution in [0.3, 0.4) is 0 Å². The summed E-state index contributed by atoms with van der Waals surface area (Å²) in [5.41, 5.74) is 0.919. The van der Waals surface area contributed by atoms with E-state index in [2.05, 4.69) is 20.7 Å². The number of rotatable bonds is 5. The highest BCUT2D eigenvalue weighted by atomic mass is 32.2. The molecular weight excluding hydrogens is 326 g/mol. The molecule has 0 saturated heterocycles. The van der Waals surface area contributed by atoms with Crippen LogP contribution in [-0.4, -0.2) is 39.0 Å². The molecule has 1 aromatic heterocycles. The molecule has 1 atom stereocenters. The molecule has 0 fully saturated rings. The zero-order valence-electron chi connectivity index (χ0n) is 14.1. The van der Waals surface area contributed by atoms with Crippen LogP contribution in [0.1, 0.15) is 32.5 Å². The van der Waals surface area contributed by atoms with Crippen LogP contribution in [0.5, 0.6) is 0 Å². The third-order valence-electron chi connectivity index (χ3n) is 3.25. The number of hydrogen-bond acceptors (Lipinski definition) is 5. The molecule has 1 aromatic carbocycles. The summed E-state index contributed by atoms with van der Waals surface area (Å²) in [6.07, 6.45) is 0. The van der Waals surface area contributed by atoms with Crippen LogP contribution < -0.4 is 10.6 Å². The first kappa shape index (κ1) is 18.0. The van der Waals surface area contributed by atoms with Crippen LogP contribution in [0.2, 0.25) is 0 Å². The van der Waals surface area contributed by atoms with Gasteiger partial charge in [0.05, 0.1) is 10.9 Å². The van der Waals surface area contributed by atoms with Crippen molar-refractivity contribution in [3.63, 3.8) is 0 Å². The van der Waals surface area contributed by atoms with Gasteiger partial charge in [0.2, 0.25) is 11.1 Å². The standard InChI is InChI=1S/C16H21N5O2S/c1-10(2)13-18-16(20-21(13)12-8-6-5-7-9-12)24-11(3)14(22)19-15(23)17-4/h5-11H,1-4H3,(H2,17,19,22,23)/t11-/m1/s1. The highest BCUT2D eigenvalue weighted by molar-refractivity contribution is 8.00. The molecule has 0 aliphatic carbocycles. The summed E-state index contributed by atoms with van der Waals surface area (Å²) >= 11 is 1.22. The Morgan fingerprint density at radius 3 is 2.42 bits per heavy atom. The van der Waals surface area contributed by atoms with Crippen LogP contribution in [0.25, 0.3) is 5.69 Å². The number of benzene rings is 1. The van der Waals surface area contributed by atoms with Gasteiger partial charge in [0.15, 0.2) is 0 Å². The molecule has 0 spiro atoms. The van der Waals surface area contributed by atoms with Gasteiger partial charge in [0, 0.05) is 13.0 Å². The fourth-order valence-electron chi connectivity index (χ4n) is 1.97. The van der Waals surface area contributed by atoms with Crippen molar-refractivity contribution >= 4 is 23.7 Å². The number of amides is 3. The van der Waals surface area contributed by atoms with Gasteiger partial charge in [-0.2, -0.15) is 0 Å². The Bertz CT molecular complexity index is 715. The van der Waals surface area contributed by atoms with E-state index in [0.29, 0.717) is 5.16 Å². The highest BCUT2D eigenvalue weighted by Gasteiger charge is 2.21. The van der Waals surface area contributed by atoms with Crippen molar-refractivity contribution in [3.8, 4) is 5.69 Å². The molecule has 2 aromatic rings. The first-order valence-electron chi connectivity index (χ1n) is 7.64. The second-order valence-corrected chi connectivity index (χ2v) is 6.79. The number of urea groups is 1. The summed E-state index contributed by atoms with van der Waals surface area (Å²) in [5.74, 6) is 0.617. The quantitative estimate of drug-likeness (QED) is 0.810. The number of thioether (sulfide) groups is 1. The van der Waals surface area contributed by atoms with Gasteiger partial charge in [-0.25, -0.2) is 14.5 Å². The largest absolute Gasteiger partial charge is 0.341 e. The van der Waals surface area contributed by atoms with E-state index in [1.807, 2.05) is 44.2 Å². The molecule has 7 nitrogen and oxygen atoms in total. The van der Waals surface area contributed by atoms with Gasteiger partial charge in [-0.3, -0.25) is 10.1 Å². The summed E-state index contributed by atoms with van der Waals surface area (Å²) < 4.78 is 1.79. The fraction of sp³-hybridized carbons (Fsp3) is 0.375. The average molecular weight is 347 g/mol. The first-order chi connectivity index (χ1) is 11.4.